The second-order valence-corrected chi connectivity index (χ2v) is 3.64. The van der Waals surface area contributed by atoms with Crippen molar-refractivity contribution in [1.29, 1.82) is 0 Å². The second kappa shape index (κ2) is 8.38. The van der Waals surface area contributed by atoms with Crippen LogP contribution in [0, 0.1) is 0 Å². The van der Waals surface area contributed by atoms with E-state index in [1.807, 2.05) is 24.5 Å². The van der Waals surface area contributed by atoms with Crippen molar-refractivity contribution in [2.45, 2.75) is 26.3 Å². The number of aromatic nitrogens is 1. The Labute approximate surface area is 92.3 Å². The monoisotopic (exact) mass is 207 g/mol. The third-order valence-corrected chi connectivity index (χ3v) is 2.21. The topological polar surface area (TPSA) is 37.0 Å². The van der Waals surface area contributed by atoms with E-state index in [1.54, 1.807) is 0 Å². The van der Waals surface area contributed by atoms with Crippen LogP contribution in [0.5, 0.6) is 0 Å². The lowest BCUT2D eigenvalue weighted by atomic mass is 10.2. The highest BCUT2D eigenvalue weighted by atomic mass is 14.9. The fraction of sp³-hybridized carbons (Fsp3) is 0.583. The van der Waals surface area contributed by atoms with E-state index in [9.17, 15) is 0 Å². The van der Waals surface area contributed by atoms with Crippen LogP contribution in [0.25, 0.3) is 0 Å². The maximum Gasteiger partial charge on any atom is 0.0271 e. The minimum absolute atomic E-state index is 0.941. The maximum atomic E-state index is 3.99. The van der Waals surface area contributed by atoms with Crippen molar-refractivity contribution in [3.63, 3.8) is 0 Å². The largest absolute Gasteiger partial charge is 0.317 e. The van der Waals surface area contributed by atoms with Crippen LogP contribution in [0.2, 0.25) is 0 Å². The predicted molar refractivity (Wildman–Crippen MR) is 63.7 cm³/mol. The smallest absolute Gasteiger partial charge is 0.0271 e. The van der Waals surface area contributed by atoms with Crippen LogP contribution >= 0.6 is 0 Å². The number of hydrogen-bond donors (Lipinski definition) is 2. The Morgan fingerprint density at radius 1 is 1.07 bits per heavy atom. The molecule has 0 fully saturated rings. The molecule has 0 aliphatic rings. The zero-order chi connectivity index (χ0) is 10.8. The van der Waals surface area contributed by atoms with Crippen LogP contribution in [0.1, 0.15) is 25.3 Å². The number of nitrogens with one attached hydrogen (secondary N) is 2. The molecule has 3 heteroatoms. The molecule has 0 saturated carbocycles. The Balaban J connectivity index is 1.93. The molecule has 1 heterocycles. The summed E-state index contributed by atoms with van der Waals surface area (Å²) < 4.78 is 0. The van der Waals surface area contributed by atoms with Crippen molar-refractivity contribution in [3.8, 4) is 0 Å². The molecule has 1 aromatic heterocycles. The molecule has 15 heavy (non-hydrogen) atoms. The molecule has 3 nitrogen and oxygen atoms in total. The minimum atomic E-state index is 0.941. The average molecular weight is 207 g/mol. The van der Waals surface area contributed by atoms with Gasteiger partial charge in [0.2, 0.25) is 0 Å². The van der Waals surface area contributed by atoms with Crippen molar-refractivity contribution in [3.05, 3.63) is 30.1 Å². The number of rotatable bonds is 8. The van der Waals surface area contributed by atoms with Crippen LogP contribution in [0.4, 0.5) is 0 Å². The first-order valence-corrected chi connectivity index (χ1v) is 5.74. The van der Waals surface area contributed by atoms with E-state index >= 15 is 0 Å². The van der Waals surface area contributed by atoms with Crippen LogP contribution in [-0.4, -0.2) is 24.6 Å². The van der Waals surface area contributed by atoms with E-state index in [0.717, 1.165) is 26.2 Å². The molecule has 1 aromatic rings. The summed E-state index contributed by atoms with van der Waals surface area (Å²) in [6, 6.07) is 4.09. The van der Waals surface area contributed by atoms with Crippen LogP contribution in [0.15, 0.2) is 24.5 Å². The molecule has 0 aliphatic heterocycles. The molecule has 2 N–H and O–H groups in total. The SMILES string of the molecule is CCCNCCCNCc1ccncc1. The van der Waals surface area contributed by atoms with Gasteiger partial charge in [-0.25, -0.2) is 0 Å². The molecule has 1 rings (SSSR count). The van der Waals surface area contributed by atoms with Crippen molar-refractivity contribution in [2.24, 2.45) is 0 Å². The van der Waals surface area contributed by atoms with Gasteiger partial charge in [0.15, 0.2) is 0 Å². The molecular weight excluding hydrogens is 186 g/mol. The Morgan fingerprint density at radius 3 is 2.53 bits per heavy atom. The molecule has 0 bridgehead atoms. The highest BCUT2D eigenvalue weighted by Gasteiger charge is 1.91. The van der Waals surface area contributed by atoms with E-state index in [-0.39, 0.29) is 0 Å². The number of pyridine rings is 1. The summed E-state index contributed by atoms with van der Waals surface area (Å²) in [5.74, 6) is 0. The van der Waals surface area contributed by atoms with Gasteiger partial charge in [-0.1, -0.05) is 6.92 Å². The summed E-state index contributed by atoms with van der Waals surface area (Å²) >= 11 is 0. The Kier molecular flexibility index (Phi) is 6.79. The van der Waals surface area contributed by atoms with Crippen LogP contribution in [-0.2, 0) is 6.54 Å². The zero-order valence-corrected chi connectivity index (χ0v) is 9.50. The van der Waals surface area contributed by atoms with Gasteiger partial charge < -0.3 is 10.6 Å². The Bertz CT molecular complexity index is 236. The first kappa shape index (κ1) is 12.1. The van der Waals surface area contributed by atoms with Crippen LogP contribution in [0.3, 0.4) is 0 Å². The lowest BCUT2D eigenvalue weighted by molar-refractivity contribution is 0.592. The van der Waals surface area contributed by atoms with Crippen molar-refractivity contribution < 1.29 is 0 Å². The third-order valence-electron chi connectivity index (χ3n) is 2.21. The molecule has 0 atom stereocenters. The Hall–Kier alpha value is -0.930. The van der Waals surface area contributed by atoms with Gasteiger partial charge in [0.05, 0.1) is 0 Å². The van der Waals surface area contributed by atoms with Gasteiger partial charge >= 0.3 is 0 Å². The number of hydrogen-bond acceptors (Lipinski definition) is 3. The highest BCUT2D eigenvalue weighted by molar-refractivity contribution is 5.08. The Morgan fingerprint density at radius 2 is 1.80 bits per heavy atom. The molecule has 0 unspecified atom stereocenters. The molecule has 0 radical (unpaired) electrons. The molecule has 0 spiro atoms. The van der Waals surface area contributed by atoms with Gasteiger partial charge in [-0.05, 0) is 50.2 Å². The number of nitrogens with zero attached hydrogens (tertiary/aromatic N) is 1. The van der Waals surface area contributed by atoms with Crippen molar-refractivity contribution >= 4 is 0 Å². The molecular formula is C12H21N3. The molecule has 0 saturated heterocycles. The van der Waals surface area contributed by atoms with Gasteiger partial charge in [0.25, 0.3) is 0 Å². The fourth-order valence-electron chi connectivity index (χ4n) is 1.37. The van der Waals surface area contributed by atoms with Gasteiger partial charge in [0.1, 0.15) is 0 Å². The quantitative estimate of drug-likeness (QED) is 0.635. The fourth-order valence-corrected chi connectivity index (χ4v) is 1.37. The molecule has 0 aliphatic carbocycles. The average Bonchev–Trinajstić information content (AvgIpc) is 2.29. The summed E-state index contributed by atoms with van der Waals surface area (Å²) in [6.07, 6.45) is 6.06. The van der Waals surface area contributed by atoms with E-state index < -0.39 is 0 Å². The third kappa shape index (κ3) is 6.20. The zero-order valence-electron chi connectivity index (χ0n) is 9.50. The van der Waals surface area contributed by atoms with Crippen molar-refractivity contribution in [1.82, 2.24) is 15.6 Å². The minimum Gasteiger partial charge on any atom is -0.317 e. The van der Waals surface area contributed by atoms with E-state index in [2.05, 4.69) is 22.5 Å². The van der Waals surface area contributed by atoms with E-state index in [1.165, 1.54) is 18.4 Å². The first-order valence-electron chi connectivity index (χ1n) is 5.74. The summed E-state index contributed by atoms with van der Waals surface area (Å²) in [5, 5.41) is 6.79. The standard InChI is InChI=1S/C12H21N3/c1-2-6-13-7-3-8-15-11-12-4-9-14-10-5-12/h4-5,9-10,13,15H,2-3,6-8,11H2,1H3. The molecule has 84 valence electrons. The predicted octanol–water partition coefficient (Wildman–Crippen LogP) is 1.56. The normalized spacial score (nSPS) is 10.5. The second-order valence-electron chi connectivity index (χ2n) is 3.64. The summed E-state index contributed by atoms with van der Waals surface area (Å²) in [5.41, 5.74) is 1.30. The van der Waals surface area contributed by atoms with Crippen LogP contribution < -0.4 is 10.6 Å². The molecule has 0 aromatic carbocycles. The first-order chi connectivity index (χ1) is 7.43. The lowest BCUT2D eigenvalue weighted by Crippen LogP contribution is -2.22. The van der Waals surface area contributed by atoms with Crippen molar-refractivity contribution in [2.75, 3.05) is 19.6 Å². The van der Waals surface area contributed by atoms with Gasteiger partial charge in [-0.2, -0.15) is 0 Å². The molecule has 0 amide bonds. The van der Waals surface area contributed by atoms with E-state index in [4.69, 9.17) is 0 Å². The highest BCUT2D eigenvalue weighted by Crippen LogP contribution is 1.94. The van der Waals surface area contributed by atoms with Gasteiger partial charge in [-0.3, -0.25) is 4.98 Å². The summed E-state index contributed by atoms with van der Waals surface area (Å²) in [4.78, 5) is 3.99. The summed E-state index contributed by atoms with van der Waals surface area (Å²) in [7, 11) is 0. The lowest BCUT2D eigenvalue weighted by Gasteiger charge is -2.05. The van der Waals surface area contributed by atoms with E-state index in [0.29, 0.717) is 0 Å². The maximum absolute atomic E-state index is 3.99. The summed E-state index contributed by atoms with van der Waals surface area (Å²) in [6.45, 7) is 6.44. The van der Waals surface area contributed by atoms with Gasteiger partial charge in [-0.15, -0.1) is 0 Å². The van der Waals surface area contributed by atoms with Gasteiger partial charge in [0, 0.05) is 18.9 Å².